The van der Waals surface area contributed by atoms with Crippen LogP contribution in [0.3, 0.4) is 0 Å². The van der Waals surface area contributed by atoms with Gasteiger partial charge >= 0.3 is 0 Å². The number of hydrogen-bond acceptors (Lipinski definition) is 5. The fourth-order valence-corrected chi connectivity index (χ4v) is 7.77. The van der Waals surface area contributed by atoms with Crippen molar-refractivity contribution in [2.45, 2.75) is 53.5 Å². The van der Waals surface area contributed by atoms with Gasteiger partial charge in [0, 0.05) is 57.8 Å². The van der Waals surface area contributed by atoms with Gasteiger partial charge in [-0.15, -0.1) is 0 Å². The zero-order valence-corrected chi connectivity index (χ0v) is 29.9. The molecule has 0 fully saturated rings. The zero-order valence-electron chi connectivity index (χ0n) is 29.1. The highest BCUT2D eigenvalue weighted by molar-refractivity contribution is 6.32. The van der Waals surface area contributed by atoms with E-state index in [0.29, 0.717) is 42.8 Å². The second kappa shape index (κ2) is 12.8. The lowest BCUT2D eigenvalue weighted by atomic mass is 9.94. The molecule has 1 atom stereocenters. The molecule has 50 heavy (non-hydrogen) atoms. The number of hydrogen-bond donors (Lipinski definition) is 0. The molecule has 2 aromatic heterocycles. The van der Waals surface area contributed by atoms with Crippen LogP contribution in [0.25, 0.3) is 32.8 Å². The Morgan fingerprint density at radius 1 is 1.02 bits per heavy atom. The molecule has 1 amide bonds. The van der Waals surface area contributed by atoms with Crippen LogP contribution >= 0.6 is 11.6 Å². The van der Waals surface area contributed by atoms with Crippen molar-refractivity contribution in [2.75, 3.05) is 18.1 Å². The average molecular weight is 684 g/mol. The number of nitrogens with zero attached hydrogens (tertiary/aromatic N) is 5. The first kappa shape index (κ1) is 33.1. The molecule has 0 spiro atoms. The summed E-state index contributed by atoms with van der Waals surface area (Å²) in [5.41, 5.74) is 9.80. The molecule has 0 unspecified atom stereocenters. The highest BCUT2D eigenvalue weighted by Gasteiger charge is 2.37. The average Bonchev–Trinajstić information content (AvgIpc) is 3.58. The van der Waals surface area contributed by atoms with Crippen LogP contribution < -0.4 is 9.64 Å². The molecule has 0 radical (unpaired) electrons. The Kier molecular flexibility index (Phi) is 8.49. The fraction of sp³-hybridized carbons (Fsp3) is 0.268. The third-order valence-corrected chi connectivity index (χ3v) is 10.6. The monoisotopic (exact) mass is 683 g/mol. The number of fused-ring (bicyclic) bond motifs is 4. The van der Waals surface area contributed by atoms with Crippen LogP contribution in [0, 0.1) is 39.0 Å². The van der Waals surface area contributed by atoms with Gasteiger partial charge in [0.2, 0.25) is 0 Å². The minimum Gasteiger partial charge on any atom is -0.494 e. The highest BCUT2D eigenvalue weighted by Crippen LogP contribution is 2.44. The first-order valence-corrected chi connectivity index (χ1v) is 17.2. The number of halogens is 1. The third kappa shape index (κ3) is 5.33. The molecule has 7 rings (SSSR count). The van der Waals surface area contributed by atoms with E-state index in [0.717, 1.165) is 83.6 Å². The van der Waals surface area contributed by atoms with Crippen LogP contribution in [-0.2, 0) is 13.5 Å². The number of amides is 1. The number of carbonyl (C=O) groups is 2. The molecule has 0 N–H and O–H groups in total. The molecule has 1 aliphatic rings. The largest absolute Gasteiger partial charge is 0.494 e. The smallest absolute Gasteiger partial charge is 0.275 e. The number of rotatable bonds is 8. The second-order valence-corrected chi connectivity index (χ2v) is 13.7. The summed E-state index contributed by atoms with van der Waals surface area (Å²) in [7, 11) is 1.91. The van der Waals surface area contributed by atoms with E-state index in [4.69, 9.17) is 21.4 Å². The summed E-state index contributed by atoms with van der Waals surface area (Å²) in [6, 6.07) is 21.5. The van der Waals surface area contributed by atoms with E-state index in [9.17, 15) is 14.9 Å². The van der Waals surface area contributed by atoms with Gasteiger partial charge in [-0.2, -0.15) is 10.4 Å². The van der Waals surface area contributed by atoms with Gasteiger partial charge in [0.1, 0.15) is 17.7 Å². The molecule has 0 saturated heterocycles. The van der Waals surface area contributed by atoms with E-state index in [1.54, 1.807) is 6.07 Å². The molecular formula is C41H38ClN5O3. The molecule has 9 heteroatoms. The van der Waals surface area contributed by atoms with Crippen molar-refractivity contribution in [1.82, 2.24) is 14.3 Å². The summed E-state index contributed by atoms with van der Waals surface area (Å²) in [5, 5.41) is 18.6. The molecule has 3 heterocycles. The van der Waals surface area contributed by atoms with Crippen molar-refractivity contribution in [3.63, 3.8) is 0 Å². The zero-order chi connectivity index (χ0) is 35.4. The minimum atomic E-state index is -0.121. The van der Waals surface area contributed by atoms with Gasteiger partial charge < -0.3 is 14.2 Å². The Bertz CT molecular complexity index is 2390. The van der Waals surface area contributed by atoms with Crippen molar-refractivity contribution in [2.24, 2.45) is 7.05 Å². The SMILES string of the molecule is Cc1cc(OCCCc2c3n(c4c(-c5c(C)nn(C)c5C)c(C#N)ccc24)[C@H](C)CN(c2cccc4cc(C=O)ccc24)C3=O)cc(C)c1Cl. The predicted octanol–water partition coefficient (Wildman–Crippen LogP) is 9.00. The molecule has 6 aromatic rings. The molecular weight excluding hydrogens is 646 g/mol. The number of aryl methyl sites for hydroxylation is 5. The summed E-state index contributed by atoms with van der Waals surface area (Å²) in [6.07, 6.45) is 2.09. The maximum atomic E-state index is 14.9. The van der Waals surface area contributed by atoms with E-state index >= 15 is 0 Å². The maximum absolute atomic E-state index is 14.9. The van der Waals surface area contributed by atoms with Gasteiger partial charge in [-0.25, -0.2) is 0 Å². The van der Waals surface area contributed by atoms with Gasteiger partial charge in [0.25, 0.3) is 5.91 Å². The van der Waals surface area contributed by atoms with Crippen LogP contribution in [0.5, 0.6) is 5.75 Å². The standard InChI is InChI=1S/C41H38ClN5O3/c1-23-17-31(18-24(2)38(23)42)50-16-8-10-33-34-15-13-30(20-43)37(36-26(4)44-45(6)27(36)5)39(34)47-25(3)21-46(41(49)40(33)47)35-11-7-9-29-19-28(22-48)12-14-32(29)35/h7,9,11-15,17-19,22,25H,8,10,16,21H2,1-6H3/t25-/m1/s1. The van der Waals surface area contributed by atoms with E-state index in [1.807, 2.05) is 98.9 Å². The number of ether oxygens (including phenoxy) is 1. The first-order valence-electron chi connectivity index (χ1n) is 16.8. The molecule has 0 bridgehead atoms. The van der Waals surface area contributed by atoms with Crippen LogP contribution in [0.4, 0.5) is 5.69 Å². The lowest BCUT2D eigenvalue weighted by Gasteiger charge is -2.35. The van der Waals surface area contributed by atoms with Crippen LogP contribution in [-0.4, -0.2) is 39.7 Å². The number of aromatic nitrogens is 3. The van der Waals surface area contributed by atoms with E-state index in [1.165, 1.54) is 0 Å². The molecule has 0 saturated carbocycles. The normalized spacial score (nSPS) is 14.3. The van der Waals surface area contributed by atoms with Crippen molar-refractivity contribution in [3.8, 4) is 22.9 Å². The number of benzene rings is 4. The van der Waals surface area contributed by atoms with Crippen molar-refractivity contribution < 1.29 is 14.3 Å². The topological polar surface area (TPSA) is 93.2 Å². The third-order valence-electron chi connectivity index (χ3n) is 10.0. The summed E-state index contributed by atoms with van der Waals surface area (Å²) < 4.78 is 10.2. The lowest BCUT2D eigenvalue weighted by Crippen LogP contribution is -2.42. The van der Waals surface area contributed by atoms with Crippen LogP contribution in [0.15, 0.2) is 60.7 Å². The quantitative estimate of drug-likeness (QED) is 0.118. The van der Waals surface area contributed by atoms with Crippen molar-refractivity contribution in [3.05, 3.63) is 111 Å². The predicted molar refractivity (Wildman–Crippen MR) is 199 cm³/mol. The van der Waals surface area contributed by atoms with Crippen molar-refractivity contribution in [1.29, 1.82) is 5.26 Å². The van der Waals surface area contributed by atoms with Gasteiger partial charge in [-0.05, 0) is 99.9 Å². The number of anilines is 1. The van der Waals surface area contributed by atoms with Crippen LogP contribution in [0.1, 0.15) is 73.9 Å². The van der Waals surface area contributed by atoms with Gasteiger partial charge in [0.05, 0.1) is 35.1 Å². The van der Waals surface area contributed by atoms with E-state index in [2.05, 4.69) is 17.6 Å². The Morgan fingerprint density at radius 3 is 2.44 bits per heavy atom. The molecule has 1 aliphatic heterocycles. The van der Waals surface area contributed by atoms with Gasteiger partial charge in [-0.1, -0.05) is 41.9 Å². The van der Waals surface area contributed by atoms with Gasteiger partial charge in [-0.3, -0.25) is 14.3 Å². The minimum absolute atomic E-state index is 0.102. The Morgan fingerprint density at radius 2 is 1.76 bits per heavy atom. The Labute approximate surface area is 296 Å². The maximum Gasteiger partial charge on any atom is 0.275 e. The molecule has 252 valence electrons. The van der Waals surface area contributed by atoms with E-state index in [-0.39, 0.29) is 11.9 Å². The van der Waals surface area contributed by atoms with Crippen LogP contribution in [0.2, 0.25) is 5.02 Å². The number of nitriles is 1. The fourth-order valence-electron chi connectivity index (χ4n) is 7.66. The van der Waals surface area contributed by atoms with Crippen molar-refractivity contribution >= 4 is 51.2 Å². The highest BCUT2D eigenvalue weighted by atomic mass is 35.5. The molecule has 8 nitrogen and oxygen atoms in total. The summed E-state index contributed by atoms with van der Waals surface area (Å²) in [5.74, 6) is 0.663. The lowest BCUT2D eigenvalue weighted by molar-refractivity contribution is 0.0957. The Hall–Kier alpha value is -5.39. The summed E-state index contributed by atoms with van der Waals surface area (Å²) in [6.45, 7) is 10.9. The number of aldehydes is 1. The molecule has 0 aliphatic carbocycles. The first-order chi connectivity index (χ1) is 24.0. The summed E-state index contributed by atoms with van der Waals surface area (Å²) >= 11 is 6.39. The Balaban J connectivity index is 1.39. The summed E-state index contributed by atoms with van der Waals surface area (Å²) in [4.78, 5) is 28.3. The molecule has 4 aromatic carbocycles. The second-order valence-electron chi connectivity index (χ2n) is 13.3. The number of carbonyl (C=O) groups excluding carboxylic acids is 2. The van der Waals surface area contributed by atoms with E-state index < -0.39 is 0 Å². The van der Waals surface area contributed by atoms with Gasteiger partial charge in [0.15, 0.2) is 0 Å².